The Morgan fingerprint density at radius 2 is 1.71 bits per heavy atom. The number of pyridine rings is 1. The van der Waals surface area contributed by atoms with Crippen LogP contribution in [0.25, 0.3) is 0 Å². The first kappa shape index (κ1) is 40.0. The molecule has 1 aromatic heterocycles. The minimum atomic E-state index is -1.40. The highest BCUT2D eigenvalue weighted by Gasteiger charge is 2.46. The highest BCUT2D eigenvalue weighted by atomic mass is 16.5. The smallest absolute Gasteiger partial charge is 0.261 e. The molecule has 3 atom stereocenters. The normalized spacial score (nSPS) is 20.4. The van der Waals surface area contributed by atoms with Crippen LogP contribution in [0.3, 0.4) is 0 Å². The summed E-state index contributed by atoms with van der Waals surface area (Å²) in [5.74, 6) is -0.479. The first-order valence-corrected chi connectivity index (χ1v) is 19.6. The van der Waals surface area contributed by atoms with Gasteiger partial charge in [-0.2, -0.15) is 0 Å². The monoisotopic (exact) mass is 796 g/mol. The second-order valence-corrected chi connectivity index (χ2v) is 14.9. The average molecular weight is 797 g/mol. The number of aliphatic hydroxyl groups excluding tert-OH is 1. The van der Waals surface area contributed by atoms with Crippen LogP contribution in [0.5, 0.6) is 11.5 Å². The predicted octanol–water partition coefficient (Wildman–Crippen LogP) is 2.90. The third-order valence-electron chi connectivity index (χ3n) is 11.2. The van der Waals surface area contributed by atoms with Gasteiger partial charge in [0.2, 0.25) is 17.7 Å². The number of piperidine rings is 1. The van der Waals surface area contributed by atoms with Crippen molar-refractivity contribution in [2.75, 3.05) is 49.0 Å². The Morgan fingerprint density at radius 1 is 0.948 bits per heavy atom. The summed E-state index contributed by atoms with van der Waals surface area (Å²) in [6, 6.07) is 12.4. The minimum Gasteiger partial charge on any atom is -0.495 e. The van der Waals surface area contributed by atoms with Crippen LogP contribution in [0.15, 0.2) is 48.5 Å². The number of aromatic nitrogens is 1. The van der Waals surface area contributed by atoms with Crippen molar-refractivity contribution >= 4 is 58.5 Å². The molecule has 0 bridgehead atoms. The van der Waals surface area contributed by atoms with E-state index >= 15 is 0 Å². The fraction of sp³-hybridized carbons (Fsp3) is 0.439. The predicted molar refractivity (Wildman–Crippen MR) is 212 cm³/mol. The van der Waals surface area contributed by atoms with Crippen molar-refractivity contribution < 1.29 is 43.3 Å². The van der Waals surface area contributed by atoms with Gasteiger partial charge in [-0.3, -0.25) is 39.0 Å². The summed E-state index contributed by atoms with van der Waals surface area (Å²) in [4.78, 5) is 85.8. The maximum Gasteiger partial charge on any atom is 0.261 e. The topological polar surface area (TPSA) is 212 Å². The Bertz CT molecular complexity index is 2120. The Labute approximate surface area is 335 Å². The molecule has 58 heavy (non-hydrogen) atoms. The number of aliphatic hydroxyl groups is 1. The second kappa shape index (κ2) is 17.1. The molecule has 306 valence electrons. The summed E-state index contributed by atoms with van der Waals surface area (Å²) in [7, 11) is 3.31. The molecule has 0 spiro atoms. The number of carbonyl (C=O) groups excluding carboxylic acids is 6. The molecule has 0 radical (unpaired) electrons. The Kier molecular flexibility index (Phi) is 11.8. The fourth-order valence-corrected chi connectivity index (χ4v) is 8.15. The number of amides is 6. The molecule has 1 saturated carbocycles. The molecule has 1 saturated heterocycles. The Balaban J connectivity index is 0.864. The van der Waals surface area contributed by atoms with Gasteiger partial charge in [-0.15, -0.1) is 0 Å². The third-order valence-corrected chi connectivity index (χ3v) is 11.2. The molecule has 2 unspecified atom stereocenters. The zero-order chi connectivity index (χ0) is 41.1. The lowest BCUT2D eigenvalue weighted by Gasteiger charge is -2.42. The summed E-state index contributed by atoms with van der Waals surface area (Å²) in [6.07, 6.45) is 4.19. The van der Waals surface area contributed by atoms with Gasteiger partial charge in [0, 0.05) is 43.7 Å². The van der Waals surface area contributed by atoms with Crippen LogP contribution in [0.2, 0.25) is 0 Å². The van der Waals surface area contributed by atoms with E-state index in [0.29, 0.717) is 48.7 Å². The van der Waals surface area contributed by atoms with E-state index in [-0.39, 0.29) is 60.2 Å². The number of methoxy groups -OCH3 is 1. The number of rotatable bonds is 14. The van der Waals surface area contributed by atoms with Crippen LogP contribution < -0.4 is 40.5 Å². The Hall–Kier alpha value is -6.23. The number of nitrogens with one attached hydrogen (secondary N) is 4. The molecule has 4 aliphatic rings. The number of nitrogens with zero attached hydrogens (tertiary/aromatic N) is 4. The van der Waals surface area contributed by atoms with Crippen molar-refractivity contribution in [3.05, 3.63) is 65.2 Å². The molecule has 7 rings (SSSR count). The SMILES string of the molecule is COc1cc(C(=O)NCCCCNC(=O)COc2cccc3c2C(=O)N(C2CCC(=O)NC2=O)C3O)ccc1Nc1ccc2c(n1)N(C1CCCC1)[C@H](C)C(=O)N2C. The number of unbranched alkanes of at least 4 members (excludes halogenated alkanes) is 1. The summed E-state index contributed by atoms with van der Waals surface area (Å²) < 4.78 is 11.3. The van der Waals surface area contributed by atoms with Crippen LogP contribution in [-0.2, 0) is 19.2 Å². The molecule has 3 aliphatic heterocycles. The number of ether oxygens (including phenoxy) is 2. The molecule has 4 heterocycles. The molecule has 5 N–H and O–H groups in total. The lowest BCUT2D eigenvalue weighted by atomic mass is 10.0. The molecule has 17 nitrogen and oxygen atoms in total. The van der Waals surface area contributed by atoms with E-state index in [0.717, 1.165) is 42.1 Å². The first-order chi connectivity index (χ1) is 28.0. The Morgan fingerprint density at radius 3 is 2.45 bits per heavy atom. The van der Waals surface area contributed by atoms with Crippen LogP contribution in [0.4, 0.5) is 23.0 Å². The molecule has 3 aromatic rings. The van der Waals surface area contributed by atoms with Crippen molar-refractivity contribution in [3.8, 4) is 11.5 Å². The van der Waals surface area contributed by atoms with E-state index in [1.54, 1.807) is 42.3 Å². The lowest BCUT2D eigenvalue weighted by molar-refractivity contribution is -0.139. The second-order valence-electron chi connectivity index (χ2n) is 14.9. The largest absolute Gasteiger partial charge is 0.495 e. The van der Waals surface area contributed by atoms with Gasteiger partial charge >= 0.3 is 0 Å². The highest BCUT2D eigenvalue weighted by molar-refractivity contribution is 6.07. The standard InChI is InChI=1S/C41H48N8O9/c1-23-39(54)47(2)28-15-17-32(45-36(28)48(23)25-9-4-5-10-25)44-27-14-13-24(21-31(27)57-3)37(52)43-20-7-6-19-42-34(51)22-58-30-12-8-11-26-35(30)41(56)49(40(26)55)29-16-18-33(50)46-38(29)53/h8,11-15,17,21,23,25,29,40,55H,4-7,9-10,16,18-20,22H2,1-3H3,(H,42,51)(H,43,52)(H,44,45)(H,46,50,53)/t23-,29?,40?/m1/s1. The van der Waals surface area contributed by atoms with Crippen molar-refractivity contribution in [2.45, 2.75) is 82.6 Å². The van der Waals surface area contributed by atoms with Crippen molar-refractivity contribution in [3.63, 3.8) is 0 Å². The van der Waals surface area contributed by atoms with Gasteiger partial charge in [-0.1, -0.05) is 25.0 Å². The van der Waals surface area contributed by atoms with E-state index in [9.17, 15) is 33.9 Å². The molecule has 6 amide bonds. The van der Waals surface area contributed by atoms with Crippen molar-refractivity contribution in [1.82, 2.24) is 25.8 Å². The fourth-order valence-electron chi connectivity index (χ4n) is 8.15. The van der Waals surface area contributed by atoms with Crippen LogP contribution >= 0.6 is 0 Å². The summed E-state index contributed by atoms with van der Waals surface area (Å²) in [5.41, 5.74) is 2.11. The zero-order valence-corrected chi connectivity index (χ0v) is 32.7. The zero-order valence-electron chi connectivity index (χ0n) is 32.7. The van der Waals surface area contributed by atoms with Gasteiger partial charge < -0.3 is 40.3 Å². The van der Waals surface area contributed by atoms with Crippen molar-refractivity contribution in [1.29, 1.82) is 0 Å². The number of benzene rings is 2. The van der Waals surface area contributed by atoms with Gasteiger partial charge in [0.05, 0.1) is 24.0 Å². The maximum absolute atomic E-state index is 13.3. The summed E-state index contributed by atoms with van der Waals surface area (Å²) in [6.45, 7) is 2.23. The molecule has 1 aliphatic carbocycles. The average Bonchev–Trinajstić information content (AvgIpc) is 3.84. The quantitative estimate of drug-likeness (QED) is 0.118. The number of imide groups is 1. The summed E-state index contributed by atoms with van der Waals surface area (Å²) >= 11 is 0. The summed E-state index contributed by atoms with van der Waals surface area (Å²) in [5, 5.41) is 22.0. The van der Waals surface area contributed by atoms with E-state index in [2.05, 4.69) is 26.2 Å². The van der Waals surface area contributed by atoms with E-state index in [1.807, 2.05) is 19.1 Å². The van der Waals surface area contributed by atoms with Gasteiger partial charge in [0.1, 0.15) is 29.4 Å². The molecular formula is C41H48N8O9. The molecular weight excluding hydrogens is 748 g/mol. The van der Waals surface area contributed by atoms with Gasteiger partial charge in [0.25, 0.3) is 17.7 Å². The van der Waals surface area contributed by atoms with E-state index in [1.165, 1.54) is 13.2 Å². The third kappa shape index (κ3) is 7.98. The van der Waals surface area contributed by atoms with Crippen LogP contribution in [-0.4, -0.2) is 102 Å². The van der Waals surface area contributed by atoms with Crippen LogP contribution in [0.1, 0.15) is 90.8 Å². The molecule has 2 aromatic carbocycles. The highest BCUT2D eigenvalue weighted by Crippen LogP contribution is 2.41. The first-order valence-electron chi connectivity index (χ1n) is 19.6. The van der Waals surface area contributed by atoms with Gasteiger partial charge in [0.15, 0.2) is 18.7 Å². The number of hydrogen-bond acceptors (Lipinski definition) is 12. The van der Waals surface area contributed by atoms with Gasteiger partial charge in [-0.05, 0) is 75.4 Å². The maximum atomic E-state index is 13.3. The number of hydrogen-bond donors (Lipinski definition) is 5. The number of fused-ring (bicyclic) bond motifs is 2. The number of anilines is 4. The lowest BCUT2D eigenvalue weighted by Crippen LogP contribution is -2.54. The van der Waals surface area contributed by atoms with E-state index in [4.69, 9.17) is 14.5 Å². The molecule has 2 fully saturated rings. The van der Waals surface area contributed by atoms with E-state index < -0.39 is 35.9 Å². The van der Waals surface area contributed by atoms with Crippen LogP contribution in [0, 0.1) is 0 Å². The minimum absolute atomic E-state index is 0.0415. The van der Waals surface area contributed by atoms with Gasteiger partial charge in [-0.25, -0.2) is 4.98 Å². The number of carbonyl (C=O) groups is 6. The molecule has 17 heteroatoms. The number of likely N-dealkylation sites (N-methyl/N-ethyl adjacent to an activating group) is 1. The van der Waals surface area contributed by atoms with Crippen molar-refractivity contribution in [2.24, 2.45) is 0 Å².